The van der Waals surface area contributed by atoms with Crippen LogP contribution in [-0.2, 0) is 10.8 Å². The first-order valence-corrected chi connectivity index (χ1v) is 49.9. The van der Waals surface area contributed by atoms with E-state index < -0.39 is 0 Å². The zero-order chi connectivity index (χ0) is 97.1. The highest BCUT2D eigenvalue weighted by atomic mass is 16.3. The normalized spacial score (nSPS) is 11.9. The predicted octanol–water partition coefficient (Wildman–Crippen LogP) is 37.5. The molecular weight excluding hydrogens is 1760 g/mol. The van der Waals surface area contributed by atoms with E-state index in [1.54, 1.807) is 0 Å². The Morgan fingerprint density at radius 3 is 0.903 bits per heavy atom. The fourth-order valence-corrected chi connectivity index (χ4v) is 21.7. The summed E-state index contributed by atoms with van der Waals surface area (Å²) >= 11 is 0. The molecule has 0 unspecified atom stereocenters. The van der Waals surface area contributed by atoms with Crippen LogP contribution in [0.2, 0.25) is 0 Å². The van der Waals surface area contributed by atoms with Gasteiger partial charge >= 0.3 is 0 Å². The Bertz CT molecular complexity index is 9700. The molecule has 0 amide bonds. The molecule has 0 saturated carbocycles. The van der Waals surface area contributed by atoms with Gasteiger partial charge < -0.3 is 4.42 Å². The summed E-state index contributed by atoms with van der Waals surface area (Å²) in [4.78, 5) is 29.7. The van der Waals surface area contributed by atoms with Crippen LogP contribution in [-0.4, -0.2) is 29.9 Å². The second-order valence-electron chi connectivity index (χ2n) is 40.3. The molecule has 0 aliphatic heterocycles. The molecule has 0 spiro atoms. The summed E-state index contributed by atoms with van der Waals surface area (Å²) in [5.74, 6) is 0. The molecule has 7 aromatic heterocycles. The summed E-state index contributed by atoms with van der Waals surface area (Å²) in [5, 5.41) is 24.7. The van der Waals surface area contributed by atoms with Gasteiger partial charge in [0.25, 0.3) is 0 Å². The number of hydrogen-bond acceptors (Lipinski definition) is 7. The van der Waals surface area contributed by atoms with E-state index >= 15 is 0 Å². The van der Waals surface area contributed by atoms with Crippen LogP contribution in [0.5, 0.6) is 0 Å². The quantitative estimate of drug-likeness (QED) is 0.113. The molecule has 0 atom stereocenters. The van der Waals surface area contributed by atoms with Crippen molar-refractivity contribution in [3.05, 3.63) is 485 Å². The Morgan fingerprint density at radius 2 is 0.476 bits per heavy atom. The third-order valence-corrected chi connectivity index (χ3v) is 29.3. The molecule has 684 valence electrons. The number of hydrogen-bond donors (Lipinski definition) is 0. The summed E-state index contributed by atoms with van der Waals surface area (Å²) in [5.41, 5.74) is 34.9. The molecule has 0 aliphatic rings. The van der Waals surface area contributed by atoms with Gasteiger partial charge in [-0.25, -0.2) is 19.9 Å². The van der Waals surface area contributed by atoms with Crippen molar-refractivity contribution >= 4 is 141 Å². The van der Waals surface area contributed by atoms with Gasteiger partial charge in [-0.2, -0.15) is 0 Å². The molecule has 145 heavy (non-hydrogen) atoms. The van der Waals surface area contributed by atoms with E-state index in [1.165, 1.54) is 142 Å². The van der Waals surface area contributed by atoms with Crippen LogP contribution in [0.1, 0.15) is 52.7 Å². The minimum atomic E-state index is 0.0548. The largest absolute Gasteiger partial charge is 0.455 e. The van der Waals surface area contributed by atoms with Crippen molar-refractivity contribution in [2.75, 3.05) is 0 Å². The predicted molar refractivity (Wildman–Crippen MR) is 611 cm³/mol. The van der Waals surface area contributed by atoms with E-state index in [-0.39, 0.29) is 10.8 Å². The molecule has 7 nitrogen and oxygen atoms in total. The molecule has 0 saturated heterocycles. The molecular formula is C138H96N6O. The Kier molecular flexibility index (Phi) is 21.3. The van der Waals surface area contributed by atoms with Gasteiger partial charge in [-0.05, 0) is 237 Å². The summed E-state index contributed by atoms with van der Waals surface area (Å²) in [6, 6.07) is 165. The molecule has 21 aromatic carbocycles. The second kappa shape index (κ2) is 35.5. The molecule has 0 fully saturated rings. The number of benzene rings is 21. The minimum Gasteiger partial charge on any atom is -0.455 e. The van der Waals surface area contributed by atoms with E-state index in [1.807, 2.05) is 79.1 Å². The van der Waals surface area contributed by atoms with Gasteiger partial charge in [0.05, 0.1) is 56.2 Å². The minimum absolute atomic E-state index is 0.0548. The fourth-order valence-electron chi connectivity index (χ4n) is 21.7. The molecule has 0 bridgehead atoms. The number of aromatic nitrogens is 6. The van der Waals surface area contributed by atoms with E-state index in [2.05, 4.69) is 446 Å². The number of pyridine rings is 6. The molecule has 0 radical (unpaired) electrons. The van der Waals surface area contributed by atoms with Crippen molar-refractivity contribution < 1.29 is 4.42 Å². The molecule has 28 rings (SSSR count). The second-order valence-corrected chi connectivity index (χ2v) is 40.3. The van der Waals surface area contributed by atoms with E-state index in [0.29, 0.717) is 0 Å². The molecule has 28 aromatic rings. The number of nitrogens with zero attached hydrogens (tertiary/aromatic N) is 6. The van der Waals surface area contributed by atoms with Gasteiger partial charge in [-0.3, -0.25) is 9.97 Å². The molecule has 7 heteroatoms. The van der Waals surface area contributed by atoms with Gasteiger partial charge in [0, 0.05) is 83.7 Å². The maximum absolute atomic E-state index is 6.48. The standard InChI is InChI=1S/C49H35NO.C47H35N.C42H26N4/c1-49(2,3)36-27-34-21-23-39-42(30-17-19-31(20-18-30)44-15-6-7-25-50-44)29-43(40-24-22-35(28-36)46(34)47(39)40)33-11-8-10-32(26-33)37-13-9-14-41-38-12-4-5-16-45(38)51-48(37)41;1-47(2,3)37-27-35-22-24-40-42(32-16-14-31(15-17-32)39-12-8-10-30-9-4-5-11-38(30)39)29-43(41-25-23-36(28-37)45(35)46(40)41)33-18-20-34(21-19-33)44-13-6-7-26-48-44;1-3-8-27(9-4-1)35-22-18-29-14-16-31-20-24-37(45-41(31)39(29)43-35)33-12-7-13-34(26-33)38-25-21-32-17-15-30-19-23-36(28-10-5-2-6-11-28)44-40(30)42(32)46-38/h4-29H,1-3H3;4-29H,1-3H3;1-26H. The van der Waals surface area contributed by atoms with E-state index in [4.69, 9.17) is 24.4 Å². The van der Waals surface area contributed by atoms with E-state index in [9.17, 15) is 0 Å². The third kappa shape index (κ3) is 15.9. The zero-order valence-corrected chi connectivity index (χ0v) is 81.1. The Morgan fingerprint density at radius 1 is 0.172 bits per heavy atom. The Hall–Kier alpha value is -18.3. The summed E-state index contributed by atoms with van der Waals surface area (Å²) in [7, 11) is 0. The van der Waals surface area contributed by atoms with Crippen LogP contribution in [0.15, 0.2) is 478 Å². The van der Waals surface area contributed by atoms with Crippen LogP contribution >= 0.6 is 0 Å². The van der Waals surface area contributed by atoms with Crippen LogP contribution in [0, 0.1) is 0 Å². The highest BCUT2D eigenvalue weighted by Crippen LogP contribution is 2.51. The lowest BCUT2D eigenvalue weighted by atomic mass is 9.81. The number of furan rings is 1. The molecule has 0 N–H and O–H groups in total. The smallest absolute Gasteiger partial charge is 0.143 e. The summed E-state index contributed by atoms with van der Waals surface area (Å²) < 4.78 is 6.48. The lowest BCUT2D eigenvalue weighted by Crippen LogP contribution is -2.10. The monoisotopic (exact) mass is 1850 g/mol. The maximum atomic E-state index is 6.48. The lowest BCUT2D eigenvalue weighted by Gasteiger charge is -2.23. The van der Waals surface area contributed by atoms with Gasteiger partial charge in [-0.15, -0.1) is 0 Å². The average Bonchev–Trinajstić information content (AvgIpc) is 1.19. The number of rotatable bonds is 12. The van der Waals surface area contributed by atoms with Crippen LogP contribution in [0.4, 0.5) is 0 Å². The van der Waals surface area contributed by atoms with Crippen molar-refractivity contribution in [1.29, 1.82) is 0 Å². The highest BCUT2D eigenvalue weighted by molar-refractivity contribution is 6.30. The van der Waals surface area contributed by atoms with E-state index in [0.717, 1.165) is 144 Å². The number of fused-ring (bicyclic) bond motifs is 10. The number of para-hydroxylation sites is 2. The van der Waals surface area contributed by atoms with Crippen LogP contribution in [0.25, 0.3) is 275 Å². The third-order valence-electron chi connectivity index (χ3n) is 29.3. The van der Waals surface area contributed by atoms with Gasteiger partial charge in [0.1, 0.15) is 11.2 Å². The first-order valence-electron chi connectivity index (χ1n) is 49.9. The highest BCUT2D eigenvalue weighted by Gasteiger charge is 2.26. The molecule has 0 aliphatic carbocycles. The Balaban J connectivity index is 0.000000111. The van der Waals surface area contributed by atoms with Crippen molar-refractivity contribution in [2.24, 2.45) is 0 Å². The lowest BCUT2D eigenvalue weighted by molar-refractivity contribution is 0.591. The van der Waals surface area contributed by atoms with Crippen molar-refractivity contribution in [3.63, 3.8) is 0 Å². The topological polar surface area (TPSA) is 90.5 Å². The zero-order valence-electron chi connectivity index (χ0n) is 81.1. The van der Waals surface area contributed by atoms with Gasteiger partial charge in [0.15, 0.2) is 0 Å². The molecule has 7 heterocycles. The van der Waals surface area contributed by atoms with Gasteiger partial charge in [0.2, 0.25) is 0 Å². The van der Waals surface area contributed by atoms with Crippen molar-refractivity contribution in [2.45, 2.75) is 52.4 Å². The van der Waals surface area contributed by atoms with Crippen molar-refractivity contribution in [1.82, 2.24) is 29.9 Å². The Labute approximate surface area is 840 Å². The van der Waals surface area contributed by atoms with Gasteiger partial charge in [-0.1, -0.05) is 424 Å². The average molecular weight is 1850 g/mol. The first-order chi connectivity index (χ1) is 71.1. The van der Waals surface area contributed by atoms with Crippen LogP contribution in [0.3, 0.4) is 0 Å². The van der Waals surface area contributed by atoms with Crippen molar-refractivity contribution in [3.8, 4) is 134 Å². The fraction of sp³-hybridized carbons (Fsp3) is 0.0580. The SMILES string of the molecule is CC(C)(C)c1cc2ccc3c(-c4ccc(-c5ccccn5)cc4)cc(-c4ccc(-c5cccc6ccccc56)cc4)c4ccc(c1)c2c34.CC(C)(C)c1cc2ccc3c(-c4ccc(-c5ccccn5)cc4)cc(-c4cccc(-c5cccc6c5oc5ccccc56)c4)c4ccc(c1)c2c34.c1ccc(-c2ccc3ccc4ccc(-c5cccc(-c6ccc7ccc8ccc(-c9ccccc9)nc8c7n6)c5)nc4c3n2)cc1. The summed E-state index contributed by atoms with van der Waals surface area (Å²) in [6.07, 6.45) is 3.71. The van der Waals surface area contributed by atoms with Crippen LogP contribution < -0.4 is 0 Å². The summed E-state index contributed by atoms with van der Waals surface area (Å²) in [6.45, 7) is 13.8. The maximum Gasteiger partial charge on any atom is 0.143 e. The first kappa shape index (κ1) is 87.0.